The fraction of sp³-hybridized carbons (Fsp3) is 0.524. The van der Waals surface area contributed by atoms with Crippen LogP contribution in [0, 0.1) is 0 Å². The molecular weight excluding hydrogens is 632 g/mol. The molecule has 145 valence electrons. The maximum atomic E-state index is 10.6. The average Bonchev–Trinajstić information content (AvgIpc) is 2.64. The van der Waals surface area contributed by atoms with Crippen molar-refractivity contribution in [1.29, 1.82) is 0 Å². The standard InChI is InChI=1S/C7H8NO2.C5H4N.3C3H7.Hg.Sn/c9-7(10)6-8-4-2-1-3-5-8;1-2-4-6-5-3-1;3*1-3-2;;/h1-2,4H,5-6H2,(H,9,10);1-2,4-5H;3*1,3H2,2H3;;. The molecular formula is C21H33HgN2O2Sn. The molecule has 4 nitrogen and oxygen atoms in total. The van der Waals surface area contributed by atoms with Crippen molar-refractivity contribution in [3.8, 4) is 0 Å². The zero-order valence-electron chi connectivity index (χ0n) is 17.2. The number of allylic oxidation sites excluding steroid dienone is 2. The number of aliphatic carboxylic acids is 1. The second-order valence-corrected chi connectivity index (χ2v) is 23.6. The van der Waals surface area contributed by atoms with Crippen LogP contribution in [0.4, 0.5) is 0 Å². The number of hydrogen-bond acceptors (Lipinski definition) is 3. The van der Waals surface area contributed by atoms with Gasteiger partial charge in [0, 0.05) is 0 Å². The molecule has 1 aromatic rings. The Balaban J connectivity index is 0.000000314. The van der Waals surface area contributed by atoms with Gasteiger partial charge < -0.3 is 0 Å². The maximum absolute atomic E-state index is 10.6. The number of nitrogens with zero attached hydrogens (tertiary/aromatic N) is 2. The van der Waals surface area contributed by atoms with E-state index < -0.39 is 50.3 Å². The van der Waals surface area contributed by atoms with Crippen molar-refractivity contribution < 1.29 is 34.5 Å². The molecule has 1 N–H and O–H groups in total. The first-order chi connectivity index (χ1) is 13.1. The Morgan fingerprint density at radius 3 is 2.41 bits per heavy atom. The van der Waals surface area contributed by atoms with Crippen LogP contribution in [0.3, 0.4) is 0 Å². The van der Waals surface area contributed by atoms with E-state index in [0.717, 1.165) is 6.54 Å². The summed E-state index contributed by atoms with van der Waals surface area (Å²) in [4.78, 5) is 16.6. The van der Waals surface area contributed by atoms with E-state index in [0.29, 0.717) is 0 Å². The van der Waals surface area contributed by atoms with Gasteiger partial charge in [-0.05, 0) is 0 Å². The fourth-order valence-electron chi connectivity index (χ4n) is 3.26. The van der Waals surface area contributed by atoms with Gasteiger partial charge in [-0.3, -0.25) is 0 Å². The minimum atomic E-state index is -1.30. The molecule has 0 fully saturated rings. The first-order valence-electron chi connectivity index (χ1n) is 10.1. The number of aromatic nitrogens is 1. The summed E-state index contributed by atoms with van der Waals surface area (Å²) in [6, 6.07) is 4.08. The molecule has 0 atom stereocenters. The predicted molar refractivity (Wildman–Crippen MR) is 111 cm³/mol. The topological polar surface area (TPSA) is 53.4 Å². The van der Waals surface area contributed by atoms with Crippen LogP contribution in [0.15, 0.2) is 46.0 Å². The number of hydrogen-bond donors (Lipinski definition) is 1. The van der Waals surface area contributed by atoms with Gasteiger partial charge in [-0.1, -0.05) is 0 Å². The minimum absolute atomic E-state index is 0.0781. The van der Waals surface area contributed by atoms with Gasteiger partial charge >= 0.3 is 186 Å². The number of carbonyl (C=O) groups is 1. The van der Waals surface area contributed by atoms with Crippen LogP contribution >= 0.6 is 0 Å². The van der Waals surface area contributed by atoms with Crippen LogP contribution in [0.2, 0.25) is 13.3 Å². The fourth-order valence-corrected chi connectivity index (χ4v) is 17.8. The zero-order chi connectivity index (χ0) is 19.9. The summed E-state index contributed by atoms with van der Waals surface area (Å²) in [5.74, 6) is -0.783. The number of carboxylic acids is 1. The van der Waals surface area contributed by atoms with E-state index in [1.807, 2.05) is 29.4 Å². The van der Waals surface area contributed by atoms with Crippen molar-refractivity contribution in [1.82, 2.24) is 9.88 Å². The molecule has 6 heteroatoms. The zero-order valence-corrected chi connectivity index (χ0v) is 25.5. The van der Waals surface area contributed by atoms with Crippen LogP contribution < -0.4 is 3.07 Å². The van der Waals surface area contributed by atoms with Crippen LogP contribution in [0.1, 0.15) is 40.0 Å². The van der Waals surface area contributed by atoms with Gasteiger partial charge in [0.1, 0.15) is 0 Å². The monoisotopic (exact) mass is 667 g/mol. The molecule has 1 aliphatic heterocycles. The average molecular weight is 665 g/mol. The van der Waals surface area contributed by atoms with Gasteiger partial charge in [-0.2, -0.15) is 0 Å². The second kappa shape index (κ2) is 15.5. The third-order valence-corrected chi connectivity index (χ3v) is 21.4. The molecule has 1 aliphatic rings. The predicted octanol–water partition coefficient (Wildman–Crippen LogP) is 4.30. The van der Waals surface area contributed by atoms with E-state index in [9.17, 15) is 4.79 Å². The molecule has 2 rings (SSSR count). The van der Waals surface area contributed by atoms with Crippen molar-refractivity contribution in [2.75, 3.05) is 13.1 Å². The summed E-state index contributed by atoms with van der Waals surface area (Å²) >= 11 is -2.06. The second-order valence-electron chi connectivity index (χ2n) is 7.00. The first-order valence-corrected chi connectivity index (χ1v) is 21.7. The van der Waals surface area contributed by atoms with Crippen LogP contribution in [0.5, 0.6) is 0 Å². The van der Waals surface area contributed by atoms with Crippen molar-refractivity contribution in [2.24, 2.45) is 0 Å². The first kappa shape index (κ1) is 24.7. The van der Waals surface area contributed by atoms with Crippen molar-refractivity contribution in [2.45, 2.75) is 53.3 Å². The molecule has 0 spiro atoms. The molecule has 1 radical (unpaired) electrons. The molecule has 0 aliphatic carbocycles. The van der Waals surface area contributed by atoms with E-state index in [1.165, 1.54) is 25.4 Å². The molecule has 1 aromatic heterocycles. The molecule has 27 heavy (non-hydrogen) atoms. The third kappa shape index (κ3) is 11.9. The quantitative estimate of drug-likeness (QED) is 0.380. The van der Waals surface area contributed by atoms with Crippen molar-refractivity contribution in [3.63, 3.8) is 0 Å². The Bertz CT molecular complexity index is 579. The Labute approximate surface area is 184 Å². The molecule has 0 unspecified atom stereocenters. The Kier molecular flexibility index (Phi) is 14.2. The van der Waals surface area contributed by atoms with E-state index in [2.05, 4.69) is 37.9 Å². The summed E-state index contributed by atoms with van der Waals surface area (Å²) in [7, 11) is 0. The van der Waals surface area contributed by atoms with E-state index in [1.54, 1.807) is 19.5 Å². The van der Waals surface area contributed by atoms with Gasteiger partial charge in [0.2, 0.25) is 0 Å². The SMILES string of the molecule is CC[CH2][Sn]([CH2]CC)[CH2]CC.O=C(O)CN1C=CC=[C]([Hg][c]2cccnc2)C1. The number of rotatable bonds is 10. The molecule has 0 aromatic carbocycles. The van der Waals surface area contributed by atoms with E-state index >= 15 is 0 Å². The summed E-state index contributed by atoms with van der Waals surface area (Å²) in [6.07, 6.45) is 14.0. The van der Waals surface area contributed by atoms with Gasteiger partial charge in [0.15, 0.2) is 0 Å². The molecule has 0 saturated carbocycles. The summed E-state index contributed by atoms with van der Waals surface area (Å²) in [6.45, 7) is 7.86. The van der Waals surface area contributed by atoms with Gasteiger partial charge in [-0.25, -0.2) is 0 Å². The summed E-state index contributed by atoms with van der Waals surface area (Å²) in [5.41, 5.74) is 0. The van der Waals surface area contributed by atoms with Crippen LogP contribution in [-0.2, 0) is 29.4 Å². The van der Waals surface area contributed by atoms with Crippen molar-refractivity contribution in [3.05, 3.63) is 46.0 Å². The third-order valence-electron chi connectivity index (χ3n) is 4.34. The van der Waals surface area contributed by atoms with Crippen LogP contribution in [-0.4, -0.2) is 53.8 Å². The van der Waals surface area contributed by atoms with Crippen LogP contribution in [0.25, 0.3) is 0 Å². The Morgan fingerprint density at radius 2 is 1.89 bits per heavy atom. The Hall–Kier alpha value is -0.366. The molecule has 0 amide bonds. The Morgan fingerprint density at radius 1 is 1.22 bits per heavy atom. The number of pyridine rings is 1. The molecule has 0 saturated heterocycles. The summed E-state index contributed by atoms with van der Waals surface area (Å²) < 4.78 is 7.71. The summed E-state index contributed by atoms with van der Waals surface area (Å²) in [5, 5.41) is 8.75. The number of carboxylic acid groups (broad SMARTS) is 1. The van der Waals surface area contributed by atoms with E-state index in [4.69, 9.17) is 5.11 Å². The van der Waals surface area contributed by atoms with E-state index in [-0.39, 0.29) is 6.54 Å². The van der Waals surface area contributed by atoms with Gasteiger partial charge in [-0.15, -0.1) is 0 Å². The normalized spacial score (nSPS) is 12.9. The molecule has 0 bridgehead atoms. The molecule has 2 heterocycles. The van der Waals surface area contributed by atoms with Gasteiger partial charge in [0.25, 0.3) is 0 Å². The van der Waals surface area contributed by atoms with Gasteiger partial charge in [0.05, 0.1) is 0 Å². The van der Waals surface area contributed by atoms with Crippen molar-refractivity contribution >= 4 is 28.8 Å².